The Balaban J connectivity index is 1.74. The van der Waals surface area contributed by atoms with Gasteiger partial charge in [0.1, 0.15) is 18.3 Å². The molecule has 0 aromatic rings. The number of ether oxygens (including phenoxy) is 4. The van der Waals surface area contributed by atoms with E-state index in [1.807, 2.05) is 13.8 Å². The summed E-state index contributed by atoms with van der Waals surface area (Å²) in [6, 6.07) is 0.425. The molecule has 0 amide bonds. The van der Waals surface area contributed by atoms with Gasteiger partial charge in [-0.1, -0.05) is 0 Å². The lowest BCUT2D eigenvalue weighted by Crippen LogP contribution is -2.58. The molecule has 0 aliphatic carbocycles. The van der Waals surface area contributed by atoms with Gasteiger partial charge >= 0.3 is 0 Å². The Kier molecular flexibility index (Phi) is 2.45. The van der Waals surface area contributed by atoms with Crippen LogP contribution in [0.25, 0.3) is 0 Å². The van der Waals surface area contributed by atoms with Gasteiger partial charge in [-0.2, -0.15) is 0 Å². The van der Waals surface area contributed by atoms with E-state index < -0.39 is 0 Å². The van der Waals surface area contributed by atoms with Crippen LogP contribution in [0.3, 0.4) is 0 Å². The van der Waals surface area contributed by atoms with Crippen LogP contribution >= 0.6 is 0 Å². The Labute approximate surface area is 89.0 Å². The Hall–Kier alpha value is -0.200. The van der Waals surface area contributed by atoms with Crippen molar-refractivity contribution in [1.29, 1.82) is 0 Å². The van der Waals surface area contributed by atoms with Crippen molar-refractivity contribution < 1.29 is 18.9 Å². The van der Waals surface area contributed by atoms with E-state index >= 15 is 0 Å². The third-order valence-electron chi connectivity index (χ3n) is 3.09. The molecule has 5 nitrogen and oxygen atoms in total. The van der Waals surface area contributed by atoms with Gasteiger partial charge in [0.05, 0.1) is 6.61 Å². The van der Waals surface area contributed by atoms with E-state index in [0.717, 1.165) is 6.54 Å². The SMILES string of the molecule is C[C@H]1OC[C@@H]2O[C@@H](C)O[C@H]([C@@H]3CN3)[C@@H]2O1. The minimum Gasteiger partial charge on any atom is -0.350 e. The summed E-state index contributed by atoms with van der Waals surface area (Å²) < 4.78 is 22.6. The van der Waals surface area contributed by atoms with E-state index in [9.17, 15) is 0 Å². The van der Waals surface area contributed by atoms with Gasteiger partial charge in [-0.05, 0) is 13.8 Å². The summed E-state index contributed by atoms with van der Waals surface area (Å²) in [6.07, 6.45) is -0.209. The summed E-state index contributed by atoms with van der Waals surface area (Å²) in [5, 5.41) is 3.27. The predicted octanol–water partition coefficient (Wildman–Crippen LogP) is -0.150. The smallest absolute Gasteiger partial charge is 0.156 e. The van der Waals surface area contributed by atoms with Gasteiger partial charge in [-0.25, -0.2) is 0 Å². The number of hydrogen-bond donors (Lipinski definition) is 1. The molecule has 0 radical (unpaired) electrons. The van der Waals surface area contributed by atoms with Crippen molar-refractivity contribution in [2.45, 2.75) is 50.8 Å². The van der Waals surface area contributed by atoms with Gasteiger partial charge in [0.25, 0.3) is 0 Å². The third-order valence-corrected chi connectivity index (χ3v) is 3.09. The second-order valence-electron chi connectivity index (χ2n) is 4.36. The molecule has 3 heterocycles. The van der Waals surface area contributed by atoms with Crippen LogP contribution in [0.4, 0.5) is 0 Å². The van der Waals surface area contributed by atoms with E-state index in [4.69, 9.17) is 18.9 Å². The zero-order valence-electron chi connectivity index (χ0n) is 9.01. The molecule has 6 atom stereocenters. The molecule has 15 heavy (non-hydrogen) atoms. The molecule has 0 aromatic carbocycles. The van der Waals surface area contributed by atoms with Crippen molar-refractivity contribution in [3.8, 4) is 0 Å². The summed E-state index contributed by atoms with van der Waals surface area (Å²) in [5.41, 5.74) is 0. The number of fused-ring (bicyclic) bond motifs is 1. The molecule has 3 aliphatic rings. The summed E-state index contributed by atoms with van der Waals surface area (Å²) in [7, 11) is 0. The van der Waals surface area contributed by atoms with Crippen LogP contribution in [0.15, 0.2) is 0 Å². The van der Waals surface area contributed by atoms with Gasteiger partial charge in [0, 0.05) is 12.6 Å². The van der Waals surface area contributed by atoms with Crippen LogP contribution in [-0.2, 0) is 18.9 Å². The van der Waals surface area contributed by atoms with E-state index in [1.165, 1.54) is 0 Å². The Morgan fingerprint density at radius 1 is 1.00 bits per heavy atom. The van der Waals surface area contributed by atoms with Crippen LogP contribution in [-0.4, -0.2) is 50.1 Å². The highest BCUT2D eigenvalue weighted by Gasteiger charge is 2.48. The maximum atomic E-state index is 5.76. The second kappa shape index (κ2) is 3.68. The topological polar surface area (TPSA) is 58.9 Å². The molecule has 3 rings (SSSR count). The molecule has 3 fully saturated rings. The zero-order valence-corrected chi connectivity index (χ0v) is 9.01. The first-order valence-electron chi connectivity index (χ1n) is 5.55. The predicted molar refractivity (Wildman–Crippen MR) is 51.3 cm³/mol. The largest absolute Gasteiger partial charge is 0.350 e. The Bertz CT molecular complexity index is 246. The number of nitrogens with one attached hydrogen (secondary N) is 1. The van der Waals surface area contributed by atoms with Crippen LogP contribution < -0.4 is 5.32 Å². The first kappa shape index (κ1) is 9.99. The van der Waals surface area contributed by atoms with E-state index in [2.05, 4.69) is 5.32 Å². The molecule has 0 saturated carbocycles. The van der Waals surface area contributed by atoms with Crippen LogP contribution in [0.1, 0.15) is 13.8 Å². The molecule has 1 N–H and O–H groups in total. The quantitative estimate of drug-likeness (QED) is 0.616. The third kappa shape index (κ3) is 1.90. The summed E-state index contributed by atoms with van der Waals surface area (Å²) in [4.78, 5) is 0. The van der Waals surface area contributed by atoms with E-state index in [0.29, 0.717) is 12.6 Å². The maximum Gasteiger partial charge on any atom is 0.156 e. The minimum atomic E-state index is -0.167. The van der Waals surface area contributed by atoms with E-state index in [-0.39, 0.29) is 30.9 Å². The van der Waals surface area contributed by atoms with Gasteiger partial charge < -0.3 is 24.3 Å². The molecular formula is C10H17NO4. The number of hydrogen-bond acceptors (Lipinski definition) is 5. The van der Waals surface area contributed by atoms with Gasteiger partial charge in [0.15, 0.2) is 12.6 Å². The fourth-order valence-electron chi connectivity index (χ4n) is 2.28. The molecule has 0 spiro atoms. The molecule has 86 valence electrons. The highest BCUT2D eigenvalue weighted by Crippen LogP contribution is 2.30. The molecule has 5 heteroatoms. The van der Waals surface area contributed by atoms with Crippen molar-refractivity contribution in [2.75, 3.05) is 13.2 Å². The second-order valence-corrected chi connectivity index (χ2v) is 4.36. The summed E-state index contributed by atoms with van der Waals surface area (Å²) in [5.74, 6) is 0. The molecule has 0 bridgehead atoms. The first-order chi connectivity index (χ1) is 7.24. The Morgan fingerprint density at radius 2 is 1.73 bits per heavy atom. The molecule has 0 aromatic heterocycles. The van der Waals surface area contributed by atoms with Crippen LogP contribution in [0, 0.1) is 0 Å². The lowest BCUT2D eigenvalue weighted by molar-refractivity contribution is -0.350. The molecule has 3 saturated heterocycles. The molecule has 0 unspecified atom stereocenters. The van der Waals surface area contributed by atoms with Crippen molar-refractivity contribution in [1.82, 2.24) is 5.32 Å². The number of rotatable bonds is 1. The molecule has 3 aliphatic heterocycles. The summed E-state index contributed by atoms with van der Waals surface area (Å²) >= 11 is 0. The fourth-order valence-corrected chi connectivity index (χ4v) is 2.28. The first-order valence-corrected chi connectivity index (χ1v) is 5.55. The van der Waals surface area contributed by atoms with E-state index in [1.54, 1.807) is 0 Å². The molecular weight excluding hydrogens is 198 g/mol. The van der Waals surface area contributed by atoms with Crippen molar-refractivity contribution in [3.05, 3.63) is 0 Å². The highest BCUT2D eigenvalue weighted by molar-refractivity contribution is 5.00. The average Bonchev–Trinajstić information content (AvgIpc) is 3.01. The average molecular weight is 215 g/mol. The Morgan fingerprint density at radius 3 is 2.47 bits per heavy atom. The van der Waals surface area contributed by atoms with Gasteiger partial charge in [-0.3, -0.25) is 0 Å². The minimum absolute atomic E-state index is 0.00458. The zero-order chi connectivity index (χ0) is 10.4. The van der Waals surface area contributed by atoms with Crippen LogP contribution in [0.2, 0.25) is 0 Å². The normalized spacial score (nSPS) is 54.8. The maximum absolute atomic E-state index is 5.76. The summed E-state index contributed by atoms with van der Waals surface area (Å²) in [6.45, 7) is 5.44. The lowest BCUT2D eigenvalue weighted by Gasteiger charge is -2.44. The van der Waals surface area contributed by atoms with Crippen molar-refractivity contribution in [3.63, 3.8) is 0 Å². The lowest BCUT2D eigenvalue weighted by atomic mass is 10.0. The van der Waals surface area contributed by atoms with Crippen molar-refractivity contribution in [2.24, 2.45) is 0 Å². The van der Waals surface area contributed by atoms with Gasteiger partial charge in [0.2, 0.25) is 0 Å². The standard InChI is InChI=1S/C10H17NO4/c1-5-12-4-8-10(14-5)9(7-3-11-7)15-6(2)13-8/h5-11H,3-4H2,1-2H3/t5-,6+,7-,8-,9+,10+/m0/s1. The highest BCUT2D eigenvalue weighted by atomic mass is 16.8. The monoisotopic (exact) mass is 215 g/mol. The van der Waals surface area contributed by atoms with Gasteiger partial charge in [-0.15, -0.1) is 0 Å². The fraction of sp³-hybridized carbons (Fsp3) is 1.00. The van der Waals surface area contributed by atoms with Crippen molar-refractivity contribution >= 4 is 0 Å². The van der Waals surface area contributed by atoms with Crippen LogP contribution in [0.5, 0.6) is 0 Å².